The van der Waals surface area contributed by atoms with Crippen molar-refractivity contribution in [2.45, 2.75) is 19.3 Å². The summed E-state index contributed by atoms with van der Waals surface area (Å²) in [5.74, 6) is 1.31. The van der Waals surface area contributed by atoms with Gasteiger partial charge in [0.05, 0.1) is 0 Å². The number of nitrogens with zero attached hydrogens (tertiary/aromatic N) is 1. The Morgan fingerprint density at radius 3 is 2.84 bits per heavy atom. The van der Waals surface area contributed by atoms with E-state index < -0.39 is 5.97 Å². The van der Waals surface area contributed by atoms with E-state index in [0.29, 0.717) is 13.0 Å². The molecule has 0 radical (unpaired) electrons. The highest BCUT2D eigenvalue weighted by Gasteiger charge is 2.20. The molecule has 1 saturated heterocycles. The fourth-order valence-corrected chi connectivity index (χ4v) is 3.13. The van der Waals surface area contributed by atoms with Gasteiger partial charge in [-0.05, 0) is 30.4 Å². The molecule has 1 fully saturated rings. The van der Waals surface area contributed by atoms with Gasteiger partial charge in [0, 0.05) is 24.6 Å². The highest BCUT2D eigenvalue weighted by molar-refractivity contribution is 7.99. The van der Waals surface area contributed by atoms with Gasteiger partial charge in [-0.1, -0.05) is 0 Å². The number of rotatable bonds is 5. The molecule has 0 bridgehead atoms. The number of amides is 1. The molecule has 3 N–H and O–H groups in total. The minimum atomic E-state index is -1.05. The normalized spacial score (nSPS) is 16.2. The second kappa shape index (κ2) is 6.60. The van der Waals surface area contributed by atoms with Crippen LogP contribution in [0.4, 0.5) is 0 Å². The molecule has 0 spiro atoms. The average molecular weight is 283 g/mol. The molecule has 7 heteroatoms. The van der Waals surface area contributed by atoms with Crippen LogP contribution in [0, 0.1) is 5.92 Å². The lowest BCUT2D eigenvalue weighted by molar-refractivity contribution is -0.125. The van der Waals surface area contributed by atoms with Crippen molar-refractivity contribution in [3.8, 4) is 0 Å². The molecular formula is C12H17N3O3S. The van der Waals surface area contributed by atoms with E-state index in [-0.39, 0.29) is 17.5 Å². The molecule has 0 atom stereocenters. The van der Waals surface area contributed by atoms with Gasteiger partial charge < -0.3 is 10.4 Å². The van der Waals surface area contributed by atoms with Crippen LogP contribution in [0.25, 0.3) is 0 Å². The third kappa shape index (κ3) is 3.99. The van der Waals surface area contributed by atoms with Gasteiger partial charge in [0.15, 0.2) is 5.69 Å². The van der Waals surface area contributed by atoms with Crippen LogP contribution >= 0.6 is 11.8 Å². The van der Waals surface area contributed by atoms with Crippen molar-refractivity contribution in [3.05, 3.63) is 17.5 Å². The van der Waals surface area contributed by atoms with E-state index >= 15 is 0 Å². The number of carboxylic acids is 1. The van der Waals surface area contributed by atoms with E-state index in [9.17, 15) is 9.59 Å². The number of nitrogens with one attached hydrogen (secondary N) is 2. The summed E-state index contributed by atoms with van der Waals surface area (Å²) in [5, 5.41) is 17.9. The van der Waals surface area contributed by atoms with Crippen LogP contribution < -0.4 is 5.32 Å². The van der Waals surface area contributed by atoms with E-state index in [1.54, 1.807) is 0 Å². The maximum atomic E-state index is 11.9. The summed E-state index contributed by atoms with van der Waals surface area (Å²) in [5.41, 5.74) is 0.725. The largest absolute Gasteiger partial charge is 0.476 e. The lowest BCUT2D eigenvalue weighted by atomic mass is 10.0. The molecule has 19 heavy (non-hydrogen) atoms. The van der Waals surface area contributed by atoms with Crippen molar-refractivity contribution in [2.75, 3.05) is 18.1 Å². The first-order valence-corrected chi connectivity index (χ1v) is 7.45. The second-order valence-electron chi connectivity index (χ2n) is 4.51. The summed E-state index contributed by atoms with van der Waals surface area (Å²) in [7, 11) is 0. The standard InChI is InChI=1S/C12H17N3O3S/c16-11(8-2-5-19-6-3-8)13-4-1-9-7-10(12(17)18)15-14-9/h7-8H,1-6H2,(H,13,16)(H,14,15)(H,17,18). The average Bonchev–Trinajstić information content (AvgIpc) is 2.89. The van der Waals surface area contributed by atoms with Gasteiger partial charge in [0.1, 0.15) is 0 Å². The van der Waals surface area contributed by atoms with Crippen LogP contribution in [-0.4, -0.2) is 45.2 Å². The second-order valence-corrected chi connectivity index (χ2v) is 5.74. The molecular weight excluding hydrogens is 266 g/mol. The zero-order chi connectivity index (χ0) is 13.7. The van der Waals surface area contributed by atoms with Crippen LogP contribution in [0.15, 0.2) is 6.07 Å². The van der Waals surface area contributed by atoms with Crippen LogP contribution in [0.1, 0.15) is 29.0 Å². The van der Waals surface area contributed by atoms with E-state index in [0.717, 1.165) is 30.0 Å². The van der Waals surface area contributed by atoms with E-state index in [1.807, 2.05) is 11.8 Å². The van der Waals surface area contributed by atoms with Crippen molar-refractivity contribution in [3.63, 3.8) is 0 Å². The summed E-state index contributed by atoms with van der Waals surface area (Å²) in [6.07, 6.45) is 2.46. The zero-order valence-corrected chi connectivity index (χ0v) is 11.3. The Kier molecular flexibility index (Phi) is 4.84. The van der Waals surface area contributed by atoms with Gasteiger partial charge in [-0.15, -0.1) is 0 Å². The number of carbonyl (C=O) groups is 2. The highest BCUT2D eigenvalue weighted by atomic mass is 32.2. The minimum Gasteiger partial charge on any atom is -0.476 e. The van der Waals surface area contributed by atoms with Crippen molar-refractivity contribution in [2.24, 2.45) is 5.92 Å². The van der Waals surface area contributed by atoms with E-state index in [2.05, 4.69) is 15.5 Å². The minimum absolute atomic E-state index is 0.00521. The van der Waals surface area contributed by atoms with Gasteiger partial charge in [-0.3, -0.25) is 9.89 Å². The van der Waals surface area contributed by atoms with Crippen LogP contribution in [0.5, 0.6) is 0 Å². The van der Waals surface area contributed by atoms with Crippen molar-refractivity contribution < 1.29 is 14.7 Å². The summed E-state index contributed by atoms with van der Waals surface area (Å²) >= 11 is 1.89. The molecule has 1 aliphatic rings. The summed E-state index contributed by atoms with van der Waals surface area (Å²) in [4.78, 5) is 22.5. The third-order valence-electron chi connectivity index (χ3n) is 3.14. The number of carboxylic acid groups (broad SMARTS) is 1. The Morgan fingerprint density at radius 2 is 2.21 bits per heavy atom. The number of carbonyl (C=O) groups excluding carboxylic acids is 1. The Morgan fingerprint density at radius 1 is 1.47 bits per heavy atom. The highest BCUT2D eigenvalue weighted by Crippen LogP contribution is 2.22. The fraction of sp³-hybridized carbons (Fsp3) is 0.583. The lowest BCUT2D eigenvalue weighted by Gasteiger charge is -2.20. The Bertz CT molecular complexity index is 455. The number of H-pyrrole nitrogens is 1. The number of hydrogen-bond donors (Lipinski definition) is 3. The van der Waals surface area contributed by atoms with Gasteiger partial charge in [-0.2, -0.15) is 16.9 Å². The van der Waals surface area contributed by atoms with Gasteiger partial charge in [0.25, 0.3) is 0 Å². The molecule has 2 heterocycles. The number of aromatic nitrogens is 2. The Hall–Kier alpha value is -1.50. The molecule has 0 aromatic carbocycles. The predicted octanol–water partition coefficient (Wildman–Crippen LogP) is 0.910. The predicted molar refractivity (Wildman–Crippen MR) is 72.3 cm³/mol. The van der Waals surface area contributed by atoms with E-state index in [4.69, 9.17) is 5.11 Å². The first-order chi connectivity index (χ1) is 9.16. The fourth-order valence-electron chi connectivity index (χ4n) is 2.02. The topological polar surface area (TPSA) is 95.1 Å². The smallest absolute Gasteiger partial charge is 0.356 e. The molecule has 0 saturated carbocycles. The summed E-state index contributed by atoms with van der Waals surface area (Å²) in [6.45, 7) is 0.504. The number of hydrogen-bond acceptors (Lipinski definition) is 4. The first kappa shape index (κ1) is 13.9. The van der Waals surface area contributed by atoms with Gasteiger partial charge >= 0.3 is 5.97 Å². The molecule has 1 aliphatic heterocycles. The molecule has 1 amide bonds. The van der Waals surface area contributed by atoms with Crippen molar-refractivity contribution in [1.29, 1.82) is 0 Å². The number of aromatic carboxylic acids is 1. The van der Waals surface area contributed by atoms with E-state index in [1.165, 1.54) is 6.07 Å². The number of thioether (sulfide) groups is 1. The van der Waals surface area contributed by atoms with Crippen LogP contribution in [-0.2, 0) is 11.2 Å². The third-order valence-corrected chi connectivity index (χ3v) is 4.18. The Balaban J connectivity index is 1.73. The zero-order valence-electron chi connectivity index (χ0n) is 10.5. The summed E-state index contributed by atoms with van der Waals surface area (Å²) in [6, 6.07) is 1.49. The molecule has 104 valence electrons. The summed E-state index contributed by atoms with van der Waals surface area (Å²) < 4.78 is 0. The van der Waals surface area contributed by atoms with Gasteiger partial charge in [0.2, 0.25) is 5.91 Å². The monoisotopic (exact) mass is 283 g/mol. The van der Waals surface area contributed by atoms with Crippen LogP contribution in [0.2, 0.25) is 0 Å². The van der Waals surface area contributed by atoms with Gasteiger partial charge in [-0.25, -0.2) is 4.79 Å². The first-order valence-electron chi connectivity index (χ1n) is 6.30. The lowest BCUT2D eigenvalue weighted by Crippen LogP contribution is -2.34. The molecule has 2 rings (SSSR count). The molecule has 1 aromatic heterocycles. The quantitative estimate of drug-likeness (QED) is 0.746. The van der Waals surface area contributed by atoms with Crippen molar-refractivity contribution >= 4 is 23.6 Å². The Labute approximate surface area is 115 Å². The SMILES string of the molecule is O=C(O)c1cc(CCNC(=O)C2CCSCC2)[nH]n1. The van der Waals surface area contributed by atoms with Crippen LogP contribution in [0.3, 0.4) is 0 Å². The maximum absolute atomic E-state index is 11.9. The van der Waals surface area contributed by atoms with Crippen molar-refractivity contribution in [1.82, 2.24) is 15.5 Å². The molecule has 6 nitrogen and oxygen atoms in total. The maximum Gasteiger partial charge on any atom is 0.356 e. The number of aromatic amines is 1. The molecule has 1 aromatic rings. The molecule has 0 unspecified atom stereocenters. The molecule has 0 aliphatic carbocycles.